The summed E-state index contributed by atoms with van der Waals surface area (Å²) in [6.45, 7) is 0. The third kappa shape index (κ3) is 1.69. The maximum Gasteiger partial charge on any atom is 0.297 e. The molecule has 0 saturated carbocycles. The van der Waals surface area contributed by atoms with Crippen molar-refractivity contribution in [2.75, 3.05) is 0 Å². The number of rotatable bonds is 2. The summed E-state index contributed by atoms with van der Waals surface area (Å²) in [5, 5.41) is 31.2. The van der Waals surface area contributed by atoms with Crippen LogP contribution in [-0.4, -0.2) is 19.9 Å². The van der Waals surface area contributed by atoms with Crippen LogP contribution >= 0.6 is 0 Å². The molecule has 0 amide bonds. The summed E-state index contributed by atoms with van der Waals surface area (Å²) in [7, 11) is 0. The van der Waals surface area contributed by atoms with Crippen molar-refractivity contribution in [3.8, 4) is 0 Å². The molecule has 88 valence electrons. The first kappa shape index (κ1) is 11.0. The standard InChI is InChI=1S/C9H7N3O5/c13-9-7(12(16)17)4-6(11(14)15)5-2-1-3-10-8(5)9/h1-3,6,13H,4H2. The quantitative estimate of drug-likeness (QED) is 0.611. The van der Waals surface area contributed by atoms with Crippen LogP contribution in [0.3, 0.4) is 0 Å². The summed E-state index contributed by atoms with van der Waals surface area (Å²) in [4.78, 5) is 23.8. The van der Waals surface area contributed by atoms with E-state index >= 15 is 0 Å². The number of hydrogen-bond donors (Lipinski definition) is 1. The molecule has 0 spiro atoms. The Labute approximate surface area is 94.5 Å². The molecule has 0 radical (unpaired) electrons. The first-order valence-corrected chi connectivity index (χ1v) is 4.67. The Bertz CT molecular complexity index is 539. The van der Waals surface area contributed by atoms with Crippen LogP contribution in [0.5, 0.6) is 0 Å². The number of nitro groups is 2. The van der Waals surface area contributed by atoms with E-state index in [9.17, 15) is 25.3 Å². The maximum atomic E-state index is 10.8. The zero-order valence-corrected chi connectivity index (χ0v) is 8.44. The van der Waals surface area contributed by atoms with Crippen molar-refractivity contribution in [1.82, 2.24) is 4.98 Å². The first-order chi connectivity index (χ1) is 8.02. The van der Waals surface area contributed by atoms with Crippen LogP contribution in [0.15, 0.2) is 24.0 Å². The molecule has 1 aliphatic rings. The van der Waals surface area contributed by atoms with Gasteiger partial charge in [-0.2, -0.15) is 0 Å². The molecule has 2 rings (SSSR count). The average molecular weight is 237 g/mol. The molecule has 0 bridgehead atoms. The summed E-state index contributed by atoms with van der Waals surface area (Å²) in [6.07, 6.45) is 0.874. The van der Waals surface area contributed by atoms with Crippen LogP contribution in [0.4, 0.5) is 0 Å². The summed E-state index contributed by atoms with van der Waals surface area (Å²) in [6, 6.07) is 1.68. The molecule has 17 heavy (non-hydrogen) atoms. The van der Waals surface area contributed by atoms with Gasteiger partial charge < -0.3 is 5.11 Å². The molecule has 1 aliphatic carbocycles. The Morgan fingerprint density at radius 2 is 2.12 bits per heavy atom. The fourth-order valence-electron chi connectivity index (χ4n) is 1.76. The minimum Gasteiger partial charge on any atom is -0.501 e. The van der Waals surface area contributed by atoms with Crippen molar-refractivity contribution < 1.29 is 15.0 Å². The van der Waals surface area contributed by atoms with E-state index in [1.54, 1.807) is 0 Å². The van der Waals surface area contributed by atoms with Crippen molar-refractivity contribution in [3.63, 3.8) is 0 Å². The van der Waals surface area contributed by atoms with Crippen LogP contribution in [-0.2, 0) is 0 Å². The lowest BCUT2D eigenvalue weighted by Crippen LogP contribution is -2.21. The van der Waals surface area contributed by atoms with E-state index in [4.69, 9.17) is 0 Å². The fourth-order valence-corrected chi connectivity index (χ4v) is 1.76. The van der Waals surface area contributed by atoms with E-state index < -0.39 is 33.8 Å². The third-order valence-corrected chi connectivity index (χ3v) is 2.56. The minimum absolute atomic E-state index is 0.0906. The van der Waals surface area contributed by atoms with E-state index in [0.717, 1.165) is 0 Å². The zero-order chi connectivity index (χ0) is 12.6. The van der Waals surface area contributed by atoms with Crippen molar-refractivity contribution in [2.45, 2.75) is 12.5 Å². The van der Waals surface area contributed by atoms with Crippen molar-refractivity contribution >= 4 is 5.76 Å². The molecule has 1 aromatic rings. The third-order valence-electron chi connectivity index (χ3n) is 2.56. The molecule has 8 heteroatoms. The molecule has 0 fully saturated rings. The van der Waals surface area contributed by atoms with Gasteiger partial charge in [-0.15, -0.1) is 0 Å². The van der Waals surface area contributed by atoms with Gasteiger partial charge in [0.15, 0.2) is 0 Å². The number of pyridine rings is 1. The van der Waals surface area contributed by atoms with Crippen LogP contribution < -0.4 is 0 Å². The molecular weight excluding hydrogens is 230 g/mol. The Morgan fingerprint density at radius 1 is 1.41 bits per heavy atom. The first-order valence-electron chi connectivity index (χ1n) is 4.67. The van der Waals surface area contributed by atoms with Crippen LogP contribution in [0, 0.1) is 20.2 Å². The molecule has 1 N–H and O–H groups in total. The highest BCUT2D eigenvalue weighted by Gasteiger charge is 2.40. The zero-order valence-electron chi connectivity index (χ0n) is 8.44. The number of nitrogens with zero attached hydrogens (tertiary/aromatic N) is 3. The van der Waals surface area contributed by atoms with Gasteiger partial charge in [0.25, 0.3) is 11.7 Å². The second kappa shape index (κ2) is 3.81. The number of hydrogen-bond acceptors (Lipinski definition) is 6. The Hall–Kier alpha value is -2.51. The number of aromatic nitrogens is 1. The van der Waals surface area contributed by atoms with Gasteiger partial charge in [0.05, 0.1) is 10.5 Å². The van der Waals surface area contributed by atoms with Crippen molar-refractivity contribution in [3.05, 3.63) is 55.5 Å². The minimum atomic E-state index is -1.24. The van der Waals surface area contributed by atoms with Gasteiger partial charge in [-0.25, -0.2) is 0 Å². The van der Waals surface area contributed by atoms with Gasteiger partial charge in [0.2, 0.25) is 5.76 Å². The Balaban J connectivity index is 2.64. The van der Waals surface area contributed by atoms with Crippen LogP contribution in [0.2, 0.25) is 0 Å². The molecule has 0 aromatic carbocycles. The summed E-state index contributed by atoms with van der Waals surface area (Å²) in [5.41, 5.74) is -0.467. The van der Waals surface area contributed by atoms with Crippen molar-refractivity contribution in [1.29, 1.82) is 0 Å². The lowest BCUT2D eigenvalue weighted by molar-refractivity contribution is -0.536. The maximum absolute atomic E-state index is 10.8. The molecule has 0 aliphatic heterocycles. The SMILES string of the molecule is O=[N+]([O-])C1=C(O)c2ncccc2C([N+](=O)[O-])C1. The van der Waals surface area contributed by atoms with E-state index in [-0.39, 0.29) is 11.3 Å². The highest BCUT2D eigenvalue weighted by molar-refractivity contribution is 5.62. The molecule has 1 atom stereocenters. The highest BCUT2D eigenvalue weighted by Crippen LogP contribution is 2.36. The highest BCUT2D eigenvalue weighted by atomic mass is 16.6. The van der Waals surface area contributed by atoms with E-state index in [1.807, 2.05) is 0 Å². The van der Waals surface area contributed by atoms with Gasteiger partial charge in [-0.1, -0.05) is 0 Å². The largest absolute Gasteiger partial charge is 0.501 e. The number of fused-ring (bicyclic) bond motifs is 1. The predicted octanol–water partition coefficient (Wildman–Crippen LogP) is 1.31. The predicted molar refractivity (Wildman–Crippen MR) is 55.1 cm³/mol. The summed E-state index contributed by atoms with van der Waals surface area (Å²) in [5.74, 6) is -0.594. The van der Waals surface area contributed by atoms with Gasteiger partial charge in [0.1, 0.15) is 12.1 Å². The second-order valence-electron chi connectivity index (χ2n) is 3.50. The van der Waals surface area contributed by atoms with Gasteiger partial charge in [0, 0.05) is 11.1 Å². The van der Waals surface area contributed by atoms with Crippen molar-refractivity contribution in [2.24, 2.45) is 0 Å². The Kier molecular flexibility index (Phi) is 2.47. The molecule has 1 aromatic heterocycles. The topological polar surface area (TPSA) is 119 Å². The molecule has 1 heterocycles. The molecule has 8 nitrogen and oxygen atoms in total. The van der Waals surface area contributed by atoms with Crippen LogP contribution in [0.1, 0.15) is 23.7 Å². The smallest absolute Gasteiger partial charge is 0.297 e. The second-order valence-corrected chi connectivity index (χ2v) is 3.50. The average Bonchev–Trinajstić information content (AvgIpc) is 2.29. The number of aliphatic hydroxyl groups excluding tert-OH is 1. The number of aliphatic hydroxyl groups is 1. The molecule has 0 saturated heterocycles. The normalized spacial score (nSPS) is 18.7. The van der Waals surface area contributed by atoms with Gasteiger partial charge >= 0.3 is 0 Å². The summed E-state index contributed by atoms with van der Waals surface area (Å²) >= 11 is 0. The lowest BCUT2D eigenvalue weighted by atomic mass is 9.94. The Morgan fingerprint density at radius 3 is 2.71 bits per heavy atom. The molecule has 1 unspecified atom stereocenters. The lowest BCUT2D eigenvalue weighted by Gasteiger charge is -2.16. The van der Waals surface area contributed by atoms with E-state index in [2.05, 4.69) is 4.98 Å². The summed E-state index contributed by atoms with van der Waals surface area (Å²) < 4.78 is 0. The van der Waals surface area contributed by atoms with Gasteiger partial charge in [-0.3, -0.25) is 25.2 Å². The van der Waals surface area contributed by atoms with E-state index in [1.165, 1.54) is 18.3 Å². The van der Waals surface area contributed by atoms with Gasteiger partial charge in [-0.05, 0) is 12.1 Å². The monoisotopic (exact) mass is 237 g/mol. The fraction of sp³-hybridized carbons (Fsp3) is 0.222. The van der Waals surface area contributed by atoms with Crippen LogP contribution in [0.25, 0.3) is 5.76 Å². The van der Waals surface area contributed by atoms with E-state index in [0.29, 0.717) is 0 Å². The molecular formula is C9H7N3O5.